The molecule has 4 rings (SSSR count). The van der Waals surface area contributed by atoms with Crippen LogP contribution in [0.3, 0.4) is 0 Å². The van der Waals surface area contributed by atoms with Crippen molar-refractivity contribution in [2.45, 2.75) is 84.2 Å². The van der Waals surface area contributed by atoms with Crippen molar-refractivity contribution in [1.29, 1.82) is 0 Å². The number of hydrogen-bond acceptors (Lipinski definition) is 3. The van der Waals surface area contributed by atoms with Gasteiger partial charge in [-0.1, -0.05) is 67.7 Å². The van der Waals surface area contributed by atoms with Gasteiger partial charge in [0.05, 0.1) is 0 Å². The van der Waals surface area contributed by atoms with Crippen LogP contribution in [0.5, 0.6) is 0 Å². The van der Waals surface area contributed by atoms with Gasteiger partial charge in [0.1, 0.15) is 11.5 Å². The number of fused-ring (bicyclic) bond motifs is 2. The van der Waals surface area contributed by atoms with Gasteiger partial charge in [0, 0.05) is 33.3 Å². The van der Waals surface area contributed by atoms with Crippen LogP contribution < -0.4 is 4.57 Å². The molecule has 34 heavy (non-hydrogen) atoms. The van der Waals surface area contributed by atoms with E-state index in [1.165, 1.54) is 16.8 Å². The minimum absolute atomic E-state index is 0.313. The molecule has 0 spiro atoms. The minimum atomic E-state index is -1.57. The third-order valence-corrected chi connectivity index (χ3v) is 19.8. The SMILES string of the molecule is CC(C)(C)[Si](C)(C)N1CCc2cc(Br)cnc21.CC(C)(C)[Si](C)(C)n1ccc2cc(Br)cnc21. The third-order valence-electron chi connectivity index (χ3n) is 8.21. The summed E-state index contributed by atoms with van der Waals surface area (Å²) >= 11 is 6.98. The molecular formula is C26H40Br2N4Si2. The van der Waals surface area contributed by atoms with Gasteiger partial charge in [-0.05, 0) is 78.3 Å². The molecule has 0 aromatic carbocycles. The van der Waals surface area contributed by atoms with Gasteiger partial charge in [-0.15, -0.1) is 0 Å². The monoisotopic (exact) mass is 622 g/mol. The Hall–Kier alpha value is -0.966. The summed E-state index contributed by atoms with van der Waals surface area (Å²) in [6.07, 6.45) is 7.13. The number of anilines is 1. The normalized spacial score (nSPS) is 14.8. The Morgan fingerprint density at radius 2 is 1.38 bits per heavy atom. The van der Waals surface area contributed by atoms with E-state index in [9.17, 15) is 0 Å². The van der Waals surface area contributed by atoms with E-state index in [-0.39, 0.29) is 0 Å². The molecule has 0 saturated carbocycles. The molecule has 0 amide bonds. The second-order valence-corrected chi connectivity index (χ2v) is 24.5. The van der Waals surface area contributed by atoms with Crippen molar-refractivity contribution in [1.82, 2.24) is 14.2 Å². The van der Waals surface area contributed by atoms with Gasteiger partial charge in [0.25, 0.3) is 0 Å². The summed E-state index contributed by atoms with van der Waals surface area (Å²) in [6.45, 7) is 24.9. The predicted octanol–water partition coefficient (Wildman–Crippen LogP) is 8.86. The summed E-state index contributed by atoms with van der Waals surface area (Å²) in [7, 11) is -3.06. The number of hydrogen-bond donors (Lipinski definition) is 0. The first-order valence-electron chi connectivity index (χ1n) is 12.0. The minimum Gasteiger partial charge on any atom is -0.382 e. The maximum Gasteiger partial charge on any atom is 0.163 e. The van der Waals surface area contributed by atoms with E-state index in [0.29, 0.717) is 10.1 Å². The summed E-state index contributed by atoms with van der Waals surface area (Å²) in [4.78, 5) is 9.21. The Morgan fingerprint density at radius 3 is 1.97 bits per heavy atom. The molecule has 0 fully saturated rings. The lowest BCUT2D eigenvalue weighted by molar-refractivity contribution is 0.702. The van der Waals surface area contributed by atoms with Gasteiger partial charge < -0.3 is 8.80 Å². The molecule has 4 nitrogen and oxygen atoms in total. The van der Waals surface area contributed by atoms with Gasteiger partial charge in [0.2, 0.25) is 0 Å². The topological polar surface area (TPSA) is 34.0 Å². The van der Waals surface area contributed by atoms with E-state index in [2.05, 4.69) is 143 Å². The number of rotatable bonds is 2. The molecule has 1 aliphatic rings. The van der Waals surface area contributed by atoms with E-state index in [0.717, 1.165) is 27.6 Å². The first kappa shape index (κ1) is 27.6. The van der Waals surface area contributed by atoms with Crippen LogP contribution >= 0.6 is 31.9 Å². The van der Waals surface area contributed by atoms with Crippen molar-refractivity contribution in [2.75, 3.05) is 11.1 Å². The average molecular weight is 625 g/mol. The molecule has 0 atom stereocenters. The Kier molecular flexibility index (Phi) is 7.70. The number of halogens is 2. The van der Waals surface area contributed by atoms with E-state index in [4.69, 9.17) is 0 Å². The second-order valence-electron chi connectivity index (χ2n) is 12.4. The number of nitrogens with zero attached hydrogens (tertiary/aromatic N) is 4. The van der Waals surface area contributed by atoms with Crippen molar-refractivity contribution >= 4 is 65.2 Å². The van der Waals surface area contributed by atoms with E-state index < -0.39 is 16.5 Å². The van der Waals surface area contributed by atoms with E-state index in [1.807, 2.05) is 12.4 Å². The first-order chi connectivity index (χ1) is 15.5. The highest BCUT2D eigenvalue weighted by Crippen LogP contribution is 2.43. The Morgan fingerprint density at radius 1 is 0.824 bits per heavy atom. The van der Waals surface area contributed by atoms with E-state index >= 15 is 0 Å². The summed E-state index contributed by atoms with van der Waals surface area (Å²) in [6, 6.07) is 6.51. The molecule has 3 aromatic rings. The Labute approximate surface area is 225 Å². The lowest BCUT2D eigenvalue weighted by atomic mass is 10.2. The molecule has 3 aromatic heterocycles. The predicted molar refractivity (Wildman–Crippen MR) is 160 cm³/mol. The summed E-state index contributed by atoms with van der Waals surface area (Å²) in [5.74, 6) is 1.22. The van der Waals surface area contributed by atoms with Gasteiger partial charge in [-0.2, -0.15) is 0 Å². The Bertz CT molecular complexity index is 1170. The average Bonchev–Trinajstić information content (AvgIpc) is 3.30. The van der Waals surface area contributed by atoms with Crippen LogP contribution in [0.2, 0.25) is 36.3 Å². The highest BCUT2D eigenvalue weighted by atomic mass is 79.9. The highest BCUT2D eigenvalue weighted by molar-refractivity contribution is 9.10. The quantitative estimate of drug-likeness (QED) is 0.267. The van der Waals surface area contributed by atoms with Crippen molar-refractivity contribution in [3.63, 3.8) is 0 Å². The summed E-state index contributed by atoms with van der Waals surface area (Å²) < 4.78 is 7.13. The molecule has 0 N–H and O–H groups in total. The molecule has 1 aliphatic heterocycles. The van der Waals surface area contributed by atoms with Gasteiger partial charge in [-0.25, -0.2) is 9.97 Å². The van der Waals surface area contributed by atoms with Crippen LogP contribution in [-0.4, -0.2) is 37.2 Å². The molecule has 0 aliphatic carbocycles. The lowest BCUT2D eigenvalue weighted by Gasteiger charge is -2.44. The van der Waals surface area contributed by atoms with Crippen LogP contribution in [0.15, 0.2) is 45.7 Å². The van der Waals surface area contributed by atoms with Crippen molar-refractivity contribution < 1.29 is 0 Å². The van der Waals surface area contributed by atoms with Gasteiger partial charge in [0.15, 0.2) is 16.5 Å². The summed E-state index contributed by atoms with van der Waals surface area (Å²) in [5, 5.41) is 1.89. The van der Waals surface area contributed by atoms with Gasteiger partial charge >= 0.3 is 0 Å². The zero-order valence-corrected chi connectivity index (χ0v) is 27.6. The number of aromatic nitrogens is 3. The van der Waals surface area contributed by atoms with Crippen LogP contribution in [0.25, 0.3) is 11.0 Å². The Balaban J connectivity index is 0.000000191. The third kappa shape index (κ3) is 5.25. The fraction of sp³-hybridized carbons (Fsp3) is 0.538. The zero-order valence-electron chi connectivity index (χ0n) is 22.4. The van der Waals surface area contributed by atoms with Crippen LogP contribution in [0.4, 0.5) is 5.82 Å². The molecule has 4 heterocycles. The summed E-state index contributed by atoms with van der Waals surface area (Å²) in [5.41, 5.74) is 2.50. The van der Waals surface area contributed by atoms with Gasteiger partial charge in [-0.3, -0.25) is 0 Å². The highest BCUT2D eigenvalue weighted by Gasteiger charge is 2.44. The molecule has 0 bridgehead atoms. The maximum absolute atomic E-state index is 4.63. The van der Waals surface area contributed by atoms with Crippen molar-refractivity contribution in [3.8, 4) is 0 Å². The molecule has 8 heteroatoms. The largest absolute Gasteiger partial charge is 0.382 e. The smallest absolute Gasteiger partial charge is 0.163 e. The molecule has 0 unspecified atom stereocenters. The lowest BCUT2D eigenvalue weighted by Crippen LogP contribution is -2.54. The molecule has 0 saturated heterocycles. The van der Waals surface area contributed by atoms with E-state index in [1.54, 1.807) is 0 Å². The number of pyridine rings is 2. The van der Waals surface area contributed by atoms with Crippen molar-refractivity contribution in [3.05, 3.63) is 51.3 Å². The maximum atomic E-state index is 4.63. The second kappa shape index (κ2) is 9.48. The van der Waals surface area contributed by atoms with Crippen LogP contribution in [0, 0.1) is 0 Å². The van der Waals surface area contributed by atoms with Crippen LogP contribution in [0.1, 0.15) is 47.1 Å². The first-order valence-corrected chi connectivity index (χ1v) is 19.5. The zero-order chi connectivity index (χ0) is 25.7. The molecule has 186 valence electrons. The standard InChI is InChI=1S/C13H21BrN2Si.C13H19BrN2Si/c2*1-13(2,3)17(4,5)16-7-6-10-8-11(14)9-15-12(10)16/h8-9H,6-7H2,1-5H3;6-9H,1-5H3. The molecular weight excluding hydrogens is 584 g/mol. The van der Waals surface area contributed by atoms with Crippen molar-refractivity contribution in [2.24, 2.45) is 0 Å². The molecule has 0 radical (unpaired) electrons. The van der Waals surface area contributed by atoms with Crippen LogP contribution in [-0.2, 0) is 6.42 Å². The fourth-order valence-electron chi connectivity index (χ4n) is 4.00. The fourth-order valence-corrected chi connectivity index (χ4v) is 8.82.